The standard InChI is InChI=1S/C18H25N5O2/c24-18(20-9-11-22-12-14-25-15-13-22)19-8-6-16-7-10-23(21-16)17-4-2-1-3-5-17/h1-5,7,10H,6,8-9,11-15H2,(H2,19,20,24). The van der Waals surface area contributed by atoms with E-state index in [0.29, 0.717) is 19.5 Å². The lowest BCUT2D eigenvalue weighted by molar-refractivity contribution is 0.0387. The highest BCUT2D eigenvalue weighted by atomic mass is 16.5. The first-order chi connectivity index (χ1) is 12.3. The summed E-state index contributed by atoms with van der Waals surface area (Å²) in [5.41, 5.74) is 1.99. The molecule has 0 aliphatic carbocycles. The molecule has 2 heterocycles. The molecule has 0 radical (unpaired) electrons. The van der Waals surface area contributed by atoms with E-state index in [0.717, 1.165) is 44.2 Å². The lowest BCUT2D eigenvalue weighted by Crippen LogP contribution is -2.44. The molecule has 0 saturated carbocycles. The van der Waals surface area contributed by atoms with E-state index in [1.807, 2.05) is 47.3 Å². The number of para-hydroxylation sites is 1. The van der Waals surface area contributed by atoms with Gasteiger partial charge in [-0.15, -0.1) is 0 Å². The minimum Gasteiger partial charge on any atom is -0.379 e. The Morgan fingerprint density at radius 3 is 2.64 bits per heavy atom. The Balaban J connectivity index is 1.32. The third-order valence-electron chi connectivity index (χ3n) is 4.15. The van der Waals surface area contributed by atoms with Gasteiger partial charge in [-0.05, 0) is 18.2 Å². The Morgan fingerprint density at radius 2 is 1.84 bits per heavy atom. The lowest BCUT2D eigenvalue weighted by Gasteiger charge is -2.26. The maximum absolute atomic E-state index is 11.8. The average Bonchev–Trinajstić information content (AvgIpc) is 3.12. The molecule has 25 heavy (non-hydrogen) atoms. The average molecular weight is 343 g/mol. The van der Waals surface area contributed by atoms with Gasteiger partial charge in [-0.2, -0.15) is 5.10 Å². The number of nitrogens with zero attached hydrogens (tertiary/aromatic N) is 3. The van der Waals surface area contributed by atoms with Crippen molar-refractivity contribution in [2.24, 2.45) is 0 Å². The highest BCUT2D eigenvalue weighted by molar-refractivity contribution is 5.73. The maximum atomic E-state index is 11.8. The van der Waals surface area contributed by atoms with Gasteiger partial charge >= 0.3 is 6.03 Å². The summed E-state index contributed by atoms with van der Waals surface area (Å²) in [6, 6.07) is 11.8. The number of hydrogen-bond donors (Lipinski definition) is 2. The number of urea groups is 1. The summed E-state index contributed by atoms with van der Waals surface area (Å²) in [5.74, 6) is 0. The Hall–Kier alpha value is -2.38. The molecule has 2 N–H and O–H groups in total. The molecule has 0 bridgehead atoms. The Morgan fingerprint density at radius 1 is 1.08 bits per heavy atom. The van der Waals surface area contributed by atoms with Crippen LogP contribution in [0.25, 0.3) is 5.69 Å². The number of carbonyl (C=O) groups excluding carboxylic acids is 1. The number of aromatic nitrogens is 2. The molecule has 1 aromatic heterocycles. The van der Waals surface area contributed by atoms with Gasteiger partial charge in [0.1, 0.15) is 0 Å². The van der Waals surface area contributed by atoms with E-state index in [2.05, 4.69) is 20.6 Å². The first-order valence-electron chi connectivity index (χ1n) is 8.73. The highest BCUT2D eigenvalue weighted by Gasteiger charge is 2.10. The van der Waals surface area contributed by atoms with Crippen molar-refractivity contribution in [1.82, 2.24) is 25.3 Å². The van der Waals surface area contributed by atoms with E-state index in [9.17, 15) is 4.79 Å². The largest absolute Gasteiger partial charge is 0.379 e. The second kappa shape index (κ2) is 9.19. The molecule has 134 valence electrons. The predicted molar refractivity (Wildman–Crippen MR) is 95.9 cm³/mol. The summed E-state index contributed by atoms with van der Waals surface area (Å²) < 4.78 is 7.15. The monoisotopic (exact) mass is 343 g/mol. The van der Waals surface area contributed by atoms with E-state index in [4.69, 9.17) is 4.74 Å². The zero-order valence-corrected chi connectivity index (χ0v) is 14.4. The molecule has 7 heteroatoms. The predicted octanol–water partition coefficient (Wildman–Crippen LogP) is 1.05. The summed E-state index contributed by atoms with van der Waals surface area (Å²) in [4.78, 5) is 14.1. The normalized spacial score (nSPS) is 15.0. The van der Waals surface area contributed by atoms with Gasteiger partial charge in [0, 0.05) is 45.3 Å². The SMILES string of the molecule is O=C(NCCc1ccn(-c2ccccc2)n1)NCCN1CCOCC1. The quantitative estimate of drug-likeness (QED) is 0.788. The van der Waals surface area contributed by atoms with Crippen LogP contribution in [0, 0.1) is 0 Å². The number of nitrogens with one attached hydrogen (secondary N) is 2. The number of ether oxygens (including phenoxy) is 1. The molecule has 7 nitrogen and oxygen atoms in total. The van der Waals surface area contributed by atoms with Crippen LogP contribution in [-0.4, -0.2) is 66.6 Å². The molecule has 2 aromatic rings. The van der Waals surface area contributed by atoms with Gasteiger partial charge in [0.05, 0.1) is 24.6 Å². The Kier molecular flexibility index (Phi) is 6.42. The van der Waals surface area contributed by atoms with Crippen molar-refractivity contribution in [3.63, 3.8) is 0 Å². The van der Waals surface area contributed by atoms with Crippen LogP contribution in [0.2, 0.25) is 0 Å². The maximum Gasteiger partial charge on any atom is 0.314 e. The minimum absolute atomic E-state index is 0.129. The van der Waals surface area contributed by atoms with Gasteiger partial charge in [-0.3, -0.25) is 4.90 Å². The van der Waals surface area contributed by atoms with E-state index < -0.39 is 0 Å². The van der Waals surface area contributed by atoms with E-state index in [-0.39, 0.29) is 6.03 Å². The van der Waals surface area contributed by atoms with Crippen LogP contribution >= 0.6 is 0 Å². The summed E-state index contributed by atoms with van der Waals surface area (Å²) in [6.45, 7) is 5.51. The number of carbonyl (C=O) groups is 1. The number of benzene rings is 1. The summed E-state index contributed by atoms with van der Waals surface area (Å²) in [6.07, 6.45) is 2.64. The molecule has 0 atom stereocenters. The minimum atomic E-state index is -0.129. The molecule has 0 unspecified atom stereocenters. The summed E-state index contributed by atoms with van der Waals surface area (Å²) in [7, 11) is 0. The number of amides is 2. The fourth-order valence-electron chi connectivity index (χ4n) is 2.74. The van der Waals surface area contributed by atoms with Crippen molar-refractivity contribution >= 4 is 6.03 Å². The number of rotatable bonds is 7. The fourth-order valence-corrected chi connectivity index (χ4v) is 2.74. The van der Waals surface area contributed by atoms with Gasteiger partial charge in [0.25, 0.3) is 0 Å². The van der Waals surface area contributed by atoms with Crippen LogP contribution in [-0.2, 0) is 11.2 Å². The van der Waals surface area contributed by atoms with E-state index in [1.165, 1.54) is 0 Å². The third kappa shape index (κ3) is 5.58. The molecule has 1 aliphatic heterocycles. The van der Waals surface area contributed by atoms with Crippen LogP contribution in [0.5, 0.6) is 0 Å². The van der Waals surface area contributed by atoms with Crippen LogP contribution in [0.4, 0.5) is 4.79 Å². The van der Waals surface area contributed by atoms with Crippen molar-refractivity contribution < 1.29 is 9.53 Å². The summed E-state index contributed by atoms with van der Waals surface area (Å²) in [5, 5.41) is 10.3. The second-order valence-electron chi connectivity index (χ2n) is 5.97. The van der Waals surface area contributed by atoms with Crippen LogP contribution in [0.15, 0.2) is 42.6 Å². The molecule has 2 amide bonds. The van der Waals surface area contributed by atoms with Crippen molar-refractivity contribution in [2.75, 3.05) is 45.9 Å². The van der Waals surface area contributed by atoms with Gasteiger partial charge in [0.2, 0.25) is 0 Å². The summed E-state index contributed by atoms with van der Waals surface area (Å²) >= 11 is 0. The van der Waals surface area contributed by atoms with Gasteiger partial charge < -0.3 is 15.4 Å². The third-order valence-corrected chi connectivity index (χ3v) is 4.15. The van der Waals surface area contributed by atoms with Crippen LogP contribution in [0.3, 0.4) is 0 Å². The molecule has 3 rings (SSSR count). The smallest absolute Gasteiger partial charge is 0.314 e. The van der Waals surface area contributed by atoms with Gasteiger partial charge in [-0.25, -0.2) is 9.48 Å². The lowest BCUT2D eigenvalue weighted by atomic mass is 10.3. The highest BCUT2D eigenvalue weighted by Crippen LogP contribution is 2.06. The van der Waals surface area contributed by atoms with Crippen molar-refractivity contribution in [3.05, 3.63) is 48.3 Å². The first kappa shape index (κ1) is 17.4. The van der Waals surface area contributed by atoms with Crippen molar-refractivity contribution in [3.8, 4) is 5.69 Å². The zero-order valence-electron chi connectivity index (χ0n) is 14.4. The molecule has 1 aliphatic rings. The van der Waals surface area contributed by atoms with E-state index >= 15 is 0 Å². The van der Waals surface area contributed by atoms with Gasteiger partial charge in [-0.1, -0.05) is 18.2 Å². The Labute approximate surface area is 148 Å². The topological polar surface area (TPSA) is 71.4 Å². The zero-order chi connectivity index (χ0) is 17.3. The fraction of sp³-hybridized carbons (Fsp3) is 0.444. The van der Waals surface area contributed by atoms with Crippen LogP contribution < -0.4 is 10.6 Å². The first-order valence-corrected chi connectivity index (χ1v) is 8.73. The molecular weight excluding hydrogens is 318 g/mol. The number of morpholine rings is 1. The molecule has 1 saturated heterocycles. The van der Waals surface area contributed by atoms with Crippen LogP contribution in [0.1, 0.15) is 5.69 Å². The van der Waals surface area contributed by atoms with Crippen molar-refractivity contribution in [2.45, 2.75) is 6.42 Å². The number of hydrogen-bond acceptors (Lipinski definition) is 4. The second-order valence-corrected chi connectivity index (χ2v) is 5.97. The molecule has 1 aromatic carbocycles. The van der Waals surface area contributed by atoms with E-state index in [1.54, 1.807) is 0 Å². The molecule has 1 fully saturated rings. The molecular formula is C18H25N5O2. The Bertz CT molecular complexity index is 652. The van der Waals surface area contributed by atoms with Crippen molar-refractivity contribution in [1.29, 1.82) is 0 Å². The van der Waals surface area contributed by atoms with Gasteiger partial charge in [0.15, 0.2) is 0 Å². The molecule has 0 spiro atoms.